The number of aryl methyl sites for hydroxylation is 2. The molecular weight excluding hydrogens is 314 g/mol. The average molecular weight is 331 g/mol. The highest BCUT2D eigenvalue weighted by Crippen LogP contribution is 2.20. The van der Waals surface area contributed by atoms with Crippen molar-refractivity contribution in [1.29, 1.82) is 0 Å². The number of para-hydroxylation sites is 2. The molecule has 0 spiro atoms. The van der Waals surface area contributed by atoms with Gasteiger partial charge in [-0.2, -0.15) is 0 Å². The van der Waals surface area contributed by atoms with E-state index >= 15 is 0 Å². The number of nitrogens with one attached hydrogen (secondary N) is 1. The normalized spacial score (nSPS) is 12.5. The highest BCUT2D eigenvalue weighted by molar-refractivity contribution is 7.99. The summed E-state index contributed by atoms with van der Waals surface area (Å²) in [4.78, 5) is 16.7. The van der Waals surface area contributed by atoms with E-state index in [0.717, 1.165) is 16.9 Å². The number of aromatic nitrogens is 4. The van der Waals surface area contributed by atoms with Crippen molar-refractivity contribution < 1.29 is 9.21 Å². The van der Waals surface area contributed by atoms with Crippen LogP contribution in [0.4, 0.5) is 0 Å². The van der Waals surface area contributed by atoms with Gasteiger partial charge in [-0.05, 0) is 19.1 Å². The Bertz CT molecular complexity index is 841. The van der Waals surface area contributed by atoms with Crippen LogP contribution in [0, 0.1) is 6.92 Å². The van der Waals surface area contributed by atoms with Crippen LogP contribution < -0.4 is 5.32 Å². The van der Waals surface area contributed by atoms with E-state index in [-0.39, 0.29) is 17.7 Å². The van der Waals surface area contributed by atoms with Gasteiger partial charge in [0.15, 0.2) is 0 Å². The molecule has 2 heterocycles. The minimum absolute atomic E-state index is 0.106. The van der Waals surface area contributed by atoms with Gasteiger partial charge in [0.2, 0.25) is 11.8 Å². The highest BCUT2D eigenvalue weighted by atomic mass is 32.2. The van der Waals surface area contributed by atoms with E-state index in [1.165, 1.54) is 11.8 Å². The number of rotatable bonds is 5. The monoisotopic (exact) mass is 331 g/mol. The third kappa shape index (κ3) is 3.37. The lowest BCUT2D eigenvalue weighted by atomic mass is 10.3. The Morgan fingerprint density at radius 2 is 2.17 bits per heavy atom. The minimum Gasteiger partial charge on any atom is -0.416 e. The molecule has 1 atom stereocenters. The summed E-state index contributed by atoms with van der Waals surface area (Å²) in [5.74, 6) is 1.42. The van der Waals surface area contributed by atoms with Crippen molar-refractivity contribution in [2.45, 2.75) is 25.1 Å². The topological polar surface area (TPSA) is 85.8 Å². The summed E-state index contributed by atoms with van der Waals surface area (Å²) in [6.45, 7) is 3.63. The van der Waals surface area contributed by atoms with Crippen molar-refractivity contribution in [2.75, 3.05) is 5.75 Å². The van der Waals surface area contributed by atoms with Crippen LogP contribution in [-0.2, 0) is 11.8 Å². The Balaban J connectivity index is 1.64. The van der Waals surface area contributed by atoms with E-state index in [1.54, 1.807) is 6.92 Å². The third-order valence-electron chi connectivity index (χ3n) is 3.42. The number of nitrogens with zero attached hydrogens (tertiary/aromatic N) is 4. The Morgan fingerprint density at radius 1 is 1.39 bits per heavy atom. The maximum absolute atomic E-state index is 12.1. The minimum atomic E-state index is -0.190. The zero-order valence-corrected chi connectivity index (χ0v) is 13.9. The first-order chi connectivity index (χ1) is 11.0. The molecule has 1 unspecified atom stereocenters. The van der Waals surface area contributed by atoms with Crippen LogP contribution in [0.1, 0.15) is 24.7 Å². The van der Waals surface area contributed by atoms with E-state index in [9.17, 15) is 4.79 Å². The summed E-state index contributed by atoms with van der Waals surface area (Å²) in [5.41, 5.74) is 1.96. The average Bonchev–Trinajstić information content (AvgIpc) is 3.09. The van der Waals surface area contributed by atoms with Crippen molar-refractivity contribution in [2.24, 2.45) is 7.05 Å². The largest absolute Gasteiger partial charge is 0.416 e. The van der Waals surface area contributed by atoms with Gasteiger partial charge >= 0.3 is 0 Å². The predicted octanol–water partition coefficient (Wildman–Crippen LogP) is 2.23. The van der Waals surface area contributed by atoms with E-state index in [1.807, 2.05) is 42.8 Å². The SMILES string of the molecule is Cc1nnc(SCC(=O)NC(C)c2nc3ccccc3n2C)o1. The van der Waals surface area contributed by atoms with Crippen molar-refractivity contribution in [3.63, 3.8) is 0 Å². The van der Waals surface area contributed by atoms with E-state index in [4.69, 9.17) is 4.42 Å². The molecule has 1 amide bonds. The second-order valence-electron chi connectivity index (χ2n) is 5.18. The number of thioether (sulfide) groups is 1. The molecule has 3 rings (SSSR count). The Kier molecular flexibility index (Phi) is 4.33. The van der Waals surface area contributed by atoms with Gasteiger partial charge in [0.1, 0.15) is 5.82 Å². The fourth-order valence-corrected chi connectivity index (χ4v) is 2.98. The van der Waals surface area contributed by atoms with Crippen LogP contribution in [0.5, 0.6) is 0 Å². The Morgan fingerprint density at radius 3 is 2.87 bits per heavy atom. The molecule has 120 valence electrons. The smallest absolute Gasteiger partial charge is 0.277 e. The Labute approximate surface area is 137 Å². The van der Waals surface area contributed by atoms with Gasteiger partial charge in [-0.25, -0.2) is 4.98 Å². The first-order valence-electron chi connectivity index (χ1n) is 7.18. The van der Waals surface area contributed by atoms with Crippen molar-refractivity contribution in [3.8, 4) is 0 Å². The molecule has 0 aliphatic rings. The molecule has 0 bridgehead atoms. The molecule has 7 nitrogen and oxygen atoms in total. The van der Waals surface area contributed by atoms with Gasteiger partial charge in [-0.3, -0.25) is 4.79 Å². The molecule has 2 aromatic heterocycles. The lowest BCUT2D eigenvalue weighted by Gasteiger charge is -2.13. The summed E-state index contributed by atoms with van der Waals surface area (Å²) in [5, 5.41) is 10.9. The second-order valence-corrected chi connectivity index (χ2v) is 6.11. The number of imidazole rings is 1. The molecule has 3 aromatic rings. The molecule has 1 aromatic carbocycles. The van der Waals surface area contributed by atoms with Crippen LogP contribution in [0.15, 0.2) is 33.9 Å². The summed E-state index contributed by atoms with van der Waals surface area (Å²) < 4.78 is 7.22. The van der Waals surface area contributed by atoms with Crippen molar-refractivity contribution in [3.05, 3.63) is 36.0 Å². The highest BCUT2D eigenvalue weighted by Gasteiger charge is 2.17. The first-order valence-corrected chi connectivity index (χ1v) is 8.17. The van der Waals surface area contributed by atoms with Crippen molar-refractivity contribution in [1.82, 2.24) is 25.1 Å². The summed E-state index contributed by atoms with van der Waals surface area (Å²) in [6.07, 6.45) is 0. The van der Waals surface area contributed by atoms with Gasteiger partial charge in [0, 0.05) is 14.0 Å². The van der Waals surface area contributed by atoms with Gasteiger partial charge in [-0.15, -0.1) is 10.2 Å². The summed E-state index contributed by atoms with van der Waals surface area (Å²) >= 11 is 1.22. The van der Waals surface area contributed by atoms with Gasteiger partial charge in [0.25, 0.3) is 5.22 Å². The van der Waals surface area contributed by atoms with Crippen molar-refractivity contribution >= 4 is 28.7 Å². The Hall–Kier alpha value is -2.35. The lowest BCUT2D eigenvalue weighted by molar-refractivity contribution is -0.119. The van der Waals surface area contributed by atoms with Crippen LogP contribution >= 0.6 is 11.8 Å². The number of carbonyl (C=O) groups excluding carboxylic acids is 1. The van der Waals surface area contributed by atoms with Gasteiger partial charge in [0.05, 0.1) is 22.8 Å². The van der Waals surface area contributed by atoms with E-state index in [0.29, 0.717) is 11.1 Å². The number of fused-ring (bicyclic) bond motifs is 1. The molecule has 0 radical (unpaired) electrons. The fraction of sp³-hybridized carbons (Fsp3) is 0.333. The van der Waals surface area contributed by atoms with Crippen LogP contribution in [0.3, 0.4) is 0 Å². The number of carbonyl (C=O) groups is 1. The molecule has 0 aliphatic heterocycles. The maximum Gasteiger partial charge on any atom is 0.277 e. The predicted molar refractivity (Wildman–Crippen MR) is 87.0 cm³/mol. The molecular formula is C15H17N5O2S. The molecule has 0 fully saturated rings. The summed E-state index contributed by atoms with van der Waals surface area (Å²) in [7, 11) is 1.95. The van der Waals surface area contributed by atoms with Crippen LogP contribution in [0.2, 0.25) is 0 Å². The zero-order valence-electron chi connectivity index (χ0n) is 13.1. The first kappa shape index (κ1) is 15.5. The fourth-order valence-electron chi connectivity index (χ4n) is 2.36. The quantitative estimate of drug-likeness (QED) is 0.722. The second kappa shape index (κ2) is 6.41. The van der Waals surface area contributed by atoms with Crippen LogP contribution in [-0.4, -0.2) is 31.4 Å². The number of amides is 1. The maximum atomic E-state index is 12.1. The number of hydrogen-bond donors (Lipinski definition) is 1. The molecule has 8 heteroatoms. The molecule has 0 saturated carbocycles. The zero-order chi connectivity index (χ0) is 16.4. The molecule has 0 aliphatic carbocycles. The molecule has 0 saturated heterocycles. The van der Waals surface area contributed by atoms with E-state index in [2.05, 4.69) is 20.5 Å². The summed E-state index contributed by atoms with van der Waals surface area (Å²) in [6, 6.07) is 7.70. The lowest BCUT2D eigenvalue weighted by Crippen LogP contribution is -2.29. The van der Waals surface area contributed by atoms with Crippen LogP contribution in [0.25, 0.3) is 11.0 Å². The molecule has 23 heavy (non-hydrogen) atoms. The third-order valence-corrected chi connectivity index (χ3v) is 4.24. The molecule has 1 N–H and O–H groups in total. The standard InChI is InChI=1S/C15H17N5O2S/c1-9(14-17-11-6-4-5-7-12(11)20(14)3)16-13(21)8-23-15-19-18-10(2)22-15/h4-7,9H,8H2,1-3H3,(H,16,21). The van der Waals surface area contributed by atoms with Gasteiger partial charge in [-0.1, -0.05) is 23.9 Å². The number of benzene rings is 1. The number of hydrogen-bond acceptors (Lipinski definition) is 6. The van der Waals surface area contributed by atoms with E-state index < -0.39 is 0 Å². The van der Waals surface area contributed by atoms with Gasteiger partial charge < -0.3 is 14.3 Å².